The highest BCUT2D eigenvalue weighted by molar-refractivity contribution is 4.67. The lowest BCUT2D eigenvalue weighted by molar-refractivity contribution is -0.0940. The fraction of sp³-hybridized carbons (Fsp3) is 1.00. The number of aliphatic hydroxyl groups excluding tert-OH is 2. The Hall–Kier alpha value is -0.160. The van der Waals surface area contributed by atoms with E-state index in [1.807, 2.05) is 0 Å². The van der Waals surface area contributed by atoms with Crippen molar-refractivity contribution in [3.8, 4) is 0 Å². The average molecular weight is 375 g/mol. The molecule has 0 aromatic carbocycles. The van der Waals surface area contributed by atoms with Gasteiger partial charge in [-0.3, -0.25) is 0 Å². The van der Waals surface area contributed by atoms with E-state index in [1.54, 1.807) is 0 Å². The third-order valence-electron chi connectivity index (χ3n) is 4.87. The van der Waals surface area contributed by atoms with Crippen LogP contribution in [0.3, 0.4) is 0 Å². The van der Waals surface area contributed by atoms with Gasteiger partial charge < -0.3 is 19.7 Å². The number of ether oxygens (including phenoxy) is 2. The summed E-state index contributed by atoms with van der Waals surface area (Å²) in [7, 11) is 0. The molecule has 0 heterocycles. The van der Waals surface area contributed by atoms with E-state index in [0.29, 0.717) is 19.8 Å². The molecule has 158 valence electrons. The molecule has 0 aliphatic heterocycles. The van der Waals surface area contributed by atoms with Gasteiger partial charge in [-0.1, -0.05) is 90.9 Å². The molecule has 0 aliphatic rings. The maximum atomic E-state index is 9.89. The topological polar surface area (TPSA) is 58.9 Å². The molecule has 4 heteroatoms. The second-order valence-electron chi connectivity index (χ2n) is 7.48. The lowest BCUT2D eigenvalue weighted by Gasteiger charge is -2.22. The van der Waals surface area contributed by atoms with Crippen LogP contribution in [0.1, 0.15) is 104 Å². The Morgan fingerprint density at radius 3 is 1.62 bits per heavy atom. The lowest BCUT2D eigenvalue weighted by Crippen LogP contribution is -2.36. The van der Waals surface area contributed by atoms with E-state index in [4.69, 9.17) is 9.47 Å². The van der Waals surface area contributed by atoms with Crippen LogP contribution in [0.15, 0.2) is 0 Å². The highest BCUT2D eigenvalue weighted by Gasteiger charge is 2.19. The molecule has 0 fully saturated rings. The van der Waals surface area contributed by atoms with Crippen LogP contribution < -0.4 is 0 Å². The van der Waals surface area contributed by atoms with Crippen molar-refractivity contribution in [3.63, 3.8) is 0 Å². The smallest absolute Gasteiger partial charge is 0.109 e. The Balaban J connectivity index is 3.61. The molecule has 0 aromatic heterocycles. The van der Waals surface area contributed by atoms with Gasteiger partial charge in [0, 0.05) is 13.2 Å². The number of unbranched alkanes of at least 4 members (excludes halogenated alkanes) is 12. The zero-order valence-corrected chi connectivity index (χ0v) is 17.6. The minimum absolute atomic E-state index is 0.275. The summed E-state index contributed by atoms with van der Waals surface area (Å²) in [6.07, 6.45) is 16.3. The van der Waals surface area contributed by atoms with E-state index < -0.39 is 12.2 Å². The SMILES string of the molecule is CCCCCCCCCOC[C@H](OCCCCCCCCC)[C@H](O)CO. The van der Waals surface area contributed by atoms with Crippen LogP contribution in [0.4, 0.5) is 0 Å². The minimum Gasteiger partial charge on any atom is -0.394 e. The van der Waals surface area contributed by atoms with Crippen molar-refractivity contribution in [2.24, 2.45) is 0 Å². The minimum atomic E-state index is -0.853. The predicted molar refractivity (Wildman–Crippen MR) is 110 cm³/mol. The highest BCUT2D eigenvalue weighted by Crippen LogP contribution is 2.10. The number of hydrogen-bond acceptors (Lipinski definition) is 4. The van der Waals surface area contributed by atoms with Crippen LogP contribution in [0.5, 0.6) is 0 Å². The zero-order chi connectivity index (χ0) is 19.3. The molecule has 0 aliphatic carbocycles. The first-order valence-electron chi connectivity index (χ1n) is 11.2. The zero-order valence-electron chi connectivity index (χ0n) is 17.6. The van der Waals surface area contributed by atoms with Crippen molar-refractivity contribution < 1.29 is 19.7 Å². The Kier molecular flexibility index (Phi) is 21.0. The maximum Gasteiger partial charge on any atom is 0.109 e. The summed E-state index contributed by atoms with van der Waals surface area (Å²) in [4.78, 5) is 0. The van der Waals surface area contributed by atoms with Gasteiger partial charge in [-0.2, -0.15) is 0 Å². The first-order valence-corrected chi connectivity index (χ1v) is 11.2. The summed E-state index contributed by atoms with van der Waals surface area (Å²) in [5.41, 5.74) is 0. The number of hydrogen-bond donors (Lipinski definition) is 2. The summed E-state index contributed by atoms with van der Waals surface area (Å²) in [5.74, 6) is 0. The molecule has 0 rings (SSSR count). The van der Waals surface area contributed by atoms with Crippen molar-refractivity contribution in [3.05, 3.63) is 0 Å². The molecule has 0 amide bonds. The number of rotatable bonds is 21. The van der Waals surface area contributed by atoms with Gasteiger partial charge >= 0.3 is 0 Å². The van der Waals surface area contributed by atoms with Crippen LogP contribution in [-0.4, -0.2) is 48.8 Å². The molecule has 0 bridgehead atoms. The van der Waals surface area contributed by atoms with Crippen molar-refractivity contribution in [2.75, 3.05) is 26.4 Å². The molecule has 0 radical (unpaired) electrons. The fourth-order valence-electron chi connectivity index (χ4n) is 3.04. The average Bonchev–Trinajstić information content (AvgIpc) is 2.66. The van der Waals surface area contributed by atoms with Gasteiger partial charge in [-0.05, 0) is 12.8 Å². The van der Waals surface area contributed by atoms with E-state index >= 15 is 0 Å². The summed E-state index contributed by atoms with van der Waals surface area (Å²) in [6.45, 7) is 5.91. The lowest BCUT2D eigenvalue weighted by atomic mass is 10.1. The molecule has 0 saturated carbocycles. The van der Waals surface area contributed by atoms with Crippen LogP contribution in [0, 0.1) is 0 Å². The van der Waals surface area contributed by atoms with Gasteiger partial charge in [0.2, 0.25) is 0 Å². The molecular formula is C22H46O4. The van der Waals surface area contributed by atoms with Gasteiger partial charge in [-0.25, -0.2) is 0 Å². The van der Waals surface area contributed by atoms with E-state index in [-0.39, 0.29) is 6.61 Å². The van der Waals surface area contributed by atoms with E-state index in [0.717, 1.165) is 12.8 Å². The van der Waals surface area contributed by atoms with Crippen LogP contribution in [0.2, 0.25) is 0 Å². The summed E-state index contributed by atoms with van der Waals surface area (Å²) in [6, 6.07) is 0. The van der Waals surface area contributed by atoms with Crippen molar-refractivity contribution in [1.82, 2.24) is 0 Å². The molecule has 0 unspecified atom stereocenters. The molecule has 2 atom stereocenters. The van der Waals surface area contributed by atoms with Gasteiger partial charge in [0.1, 0.15) is 12.2 Å². The van der Waals surface area contributed by atoms with Crippen molar-refractivity contribution in [2.45, 2.75) is 116 Å². The second kappa shape index (κ2) is 21.1. The maximum absolute atomic E-state index is 9.89. The third kappa shape index (κ3) is 17.3. The highest BCUT2D eigenvalue weighted by atomic mass is 16.5. The molecule has 2 N–H and O–H groups in total. The van der Waals surface area contributed by atoms with E-state index in [9.17, 15) is 10.2 Å². The second-order valence-corrected chi connectivity index (χ2v) is 7.48. The van der Waals surface area contributed by atoms with Crippen molar-refractivity contribution in [1.29, 1.82) is 0 Å². The Morgan fingerprint density at radius 2 is 1.12 bits per heavy atom. The van der Waals surface area contributed by atoms with E-state index in [1.165, 1.54) is 77.0 Å². The molecule has 0 spiro atoms. The van der Waals surface area contributed by atoms with Crippen LogP contribution >= 0.6 is 0 Å². The standard InChI is InChI=1S/C22H46O4/c1-3-5-7-9-11-13-15-17-25-20-22(21(24)19-23)26-18-16-14-12-10-8-6-4-2/h21-24H,3-20H2,1-2H3/t21-,22+/m1/s1. The molecule has 26 heavy (non-hydrogen) atoms. The molecular weight excluding hydrogens is 328 g/mol. The summed E-state index contributed by atoms with van der Waals surface area (Å²) >= 11 is 0. The van der Waals surface area contributed by atoms with Crippen molar-refractivity contribution >= 4 is 0 Å². The van der Waals surface area contributed by atoms with Gasteiger partial charge in [0.25, 0.3) is 0 Å². The van der Waals surface area contributed by atoms with Gasteiger partial charge in [-0.15, -0.1) is 0 Å². The predicted octanol–water partition coefficient (Wildman–Crippen LogP) is 5.24. The first kappa shape index (κ1) is 25.8. The monoisotopic (exact) mass is 374 g/mol. The first-order chi connectivity index (χ1) is 12.8. The molecule has 0 aromatic rings. The molecule has 4 nitrogen and oxygen atoms in total. The summed E-state index contributed by atoms with van der Waals surface area (Å²) in [5, 5.41) is 19.1. The normalized spacial score (nSPS) is 13.8. The Morgan fingerprint density at radius 1 is 0.654 bits per heavy atom. The van der Waals surface area contributed by atoms with Crippen LogP contribution in [-0.2, 0) is 9.47 Å². The largest absolute Gasteiger partial charge is 0.394 e. The van der Waals surface area contributed by atoms with E-state index in [2.05, 4.69) is 13.8 Å². The van der Waals surface area contributed by atoms with Crippen LogP contribution in [0.25, 0.3) is 0 Å². The fourth-order valence-corrected chi connectivity index (χ4v) is 3.04. The number of aliphatic hydroxyl groups is 2. The molecule has 0 saturated heterocycles. The summed E-state index contributed by atoms with van der Waals surface area (Å²) < 4.78 is 11.4. The third-order valence-corrected chi connectivity index (χ3v) is 4.87. The quantitative estimate of drug-likeness (QED) is 0.270. The van der Waals surface area contributed by atoms with Gasteiger partial charge in [0.05, 0.1) is 13.2 Å². The Labute approximate surface area is 162 Å². The van der Waals surface area contributed by atoms with Gasteiger partial charge in [0.15, 0.2) is 0 Å². The Bertz CT molecular complexity index is 261.